The third-order valence-corrected chi connectivity index (χ3v) is 4.90. The van der Waals surface area contributed by atoms with Gasteiger partial charge in [0.2, 0.25) is 5.91 Å². The van der Waals surface area contributed by atoms with Crippen LogP contribution in [0.5, 0.6) is 5.75 Å². The molecule has 1 N–H and O–H groups in total. The van der Waals surface area contributed by atoms with Crippen molar-refractivity contribution in [3.05, 3.63) is 65.7 Å². The van der Waals surface area contributed by atoms with Gasteiger partial charge in [0.25, 0.3) is 0 Å². The monoisotopic (exact) mass is 323 g/mol. The normalized spacial score (nSPS) is 15.9. The predicted octanol–water partition coefficient (Wildman–Crippen LogP) is 4.00. The third-order valence-electron chi connectivity index (χ3n) is 4.90. The van der Waals surface area contributed by atoms with E-state index in [1.54, 1.807) is 0 Å². The highest BCUT2D eigenvalue weighted by atomic mass is 16.5. The van der Waals surface area contributed by atoms with E-state index in [0.717, 1.165) is 37.0 Å². The largest absolute Gasteiger partial charge is 0.492 e. The first-order valence-electron chi connectivity index (χ1n) is 8.74. The second-order valence-corrected chi connectivity index (χ2v) is 6.57. The molecule has 0 aliphatic heterocycles. The number of nitrogens with one attached hydrogen (secondary N) is 1. The lowest BCUT2D eigenvalue weighted by Crippen LogP contribution is -2.43. The van der Waals surface area contributed by atoms with Crippen LogP contribution in [-0.2, 0) is 10.2 Å². The van der Waals surface area contributed by atoms with E-state index >= 15 is 0 Å². The van der Waals surface area contributed by atoms with Gasteiger partial charge in [0.05, 0.1) is 12.0 Å². The lowest BCUT2D eigenvalue weighted by molar-refractivity contribution is -0.126. The quantitative estimate of drug-likeness (QED) is 0.816. The standard InChI is InChI=1S/C21H25NO2/c1-17-9-11-19(12-10-17)24-16-15-22-20(23)21(13-5-6-14-21)18-7-3-2-4-8-18/h2-4,7-12H,5-6,13-16H2,1H3,(H,22,23). The van der Waals surface area contributed by atoms with Crippen LogP contribution >= 0.6 is 0 Å². The minimum Gasteiger partial charge on any atom is -0.492 e. The molecular formula is C21H25NO2. The molecule has 3 heteroatoms. The molecule has 0 bridgehead atoms. The van der Waals surface area contributed by atoms with Crippen LogP contribution in [0.3, 0.4) is 0 Å². The average molecular weight is 323 g/mol. The van der Waals surface area contributed by atoms with Crippen molar-refractivity contribution in [3.8, 4) is 5.75 Å². The second-order valence-electron chi connectivity index (χ2n) is 6.57. The molecule has 1 aliphatic rings. The number of ether oxygens (including phenoxy) is 1. The summed E-state index contributed by atoms with van der Waals surface area (Å²) in [5.74, 6) is 0.979. The summed E-state index contributed by atoms with van der Waals surface area (Å²) in [7, 11) is 0. The molecule has 0 spiro atoms. The number of carbonyl (C=O) groups excluding carboxylic acids is 1. The van der Waals surface area contributed by atoms with Crippen LogP contribution in [0.2, 0.25) is 0 Å². The molecule has 126 valence electrons. The van der Waals surface area contributed by atoms with Gasteiger partial charge in [-0.15, -0.1) is 0 Å². The van der Waals surface area contributed by atoms with E-state index in [1.165, 1.54) is 5.56 Å². The molecular weight excluding hydrogens is 298 g/mol. The molecule has 0 aromatic heterocycles. The van der Waals surface area contributed by atoms with Crippen molar-refractivity contribution in [2.45, 2.75) is 38.0 Å². The van der Waals surface area contributed by atoms with Crippen molar-refractivity contribution < 1.29 is 9.53 Å². The Morgan fingerprint density at radius 3 is 2.38 bits per heavy atom. The summed E-state index contributed by atoms with van der Waals surface area (Å²) < 4.78 is 5.70. The highest BCUT2D eigenvalue weighted by molar-refractivity contribution is 5.88. The molecule has 2 aromatic carbocycles. The number of carbonyl (C=O) groups is 1. The highest BCUT2D eigenvalue weighted by Gasteiger charge is 2.42. The lowest BCUT2D eigenvalue weighted by atomic mass is 9.78. The Balaban J connectivity index is 1.56. The van der Waals surface area contributed by atoms with Gasteiger partial charge in [-0.05, 0) is 37.5 Å². The van der Waals surface area contributed by atoms with Gasteiger partial charge in [0.1, 0.15) is 12.4 Å². The van der Waals surface area contributed by atoms with Gasteiger partial charge in [-0.3, -0.25) is 4.79 Å². The summed E-state index contributed by atoms with van der Waals surface area (Å²) >= 11 is 0. The molecule has 0 unspecified atom stereocenters. The Hall–Kier alpha value is -2.29. The summed E-state index contributed by atoms with van der Waals surface area (Å²) in [4.78, 5) is 12.9. The van der Waals surface area contributed by atoms with Crippen LogP contribution in [-0.4, -0.2) is 19.1 Å². The summed E-state index contributed by atoms with van der Waals surface area (Å²) in [6.07, 6.45) is 4.09. The number of amides is 1. The van der Waals surface area contributed by atoms with Crippen LogP contribution in [0.4, 0.5) is 0 Å². The smallest absolute Gasteiger partial charge is 0.230 e. The molecule has 1 fully saturated rings. The molecule has 1 aliphatic carbocycles. The zero-order valence-corrected chi connectivity index (χ0v) is 14.3. The van der Waals surface area contributed by atoms with Crippen LogP contribution in [0, 0.1) is 6.92 Å². The molecule has 1 amide bonds. The number of benzene rings is 2. The molecule has 0 saturated heterocycles. The van der Waals surface area contributed by atoms with Crippen molar-refractivity contribution in [1.29, 1.82) is 0 Å². The van der Waals surface area contributed by atoms with E-state index in [4.69, 9.17) is 4.74 Å². The highest BCUT2D eigenvalue weighted by Crippen LogP contribution is 2.41. The van der Waals surface area contributed by atoms with E-state index in [1.807, 2.05) is 42.5 Å². The Kier molecular flexibility index (Phi) is 5.19. The molecule has 0 heterocycles. The van der Waals surface area contributed by atoms with Gasteiger partial charge in [-0.25, -0.2) is 0 Å². The van der Waals surface area contributed by atoms with Crippen LogP contribution in [0.15, 0.2) is 54.6 Å². The first-order chi connectivity index (χ1) is 11.7. The van der Waals surface area contributed by atoms with E-state index in [0.29, 0.717) is 13.2 Å². The zero-order valence-electron chi connectivity index (χ0n) is 14.3. The first kappa shape index (κ1) is 16.6. The second kappa shape index (κ2) is 7.52. The fourth-order valence-corrected chi connectivity index (χ4v) is 3.52. The fourth-order valence-electron chi connectivity index (χ4n) is 3.52. The molecule has 3 rings (SSSR count). The van der Waals surface area contributed by atoms with Crippen molar-refractivity contribution in [1.82, 2.24) is 5.32 Å². The topological polar surface area (TPSA) is 38.3 Å². The zero-order chi connectivity index (χ0) is 16.8. The molecule has 3 nitrogen and oxygen atoms in total. The van der Waals surface area contributed by atoms with E-state index in [2.05, 4.69) is 24.4 Å². The van der Waals surface area contributed by atoms with Gasteiger partial charge >= 0.3 is 0 Å². The van der Waals surface area contributed by atoms with Gasteiger partial charge < -0.3 is 10.1 Å². The van der Waals surface area contributed by atoms with Crippen molar-refractivity contribution in [3.63, 3.8) is 0 Å². The summed E-state index contributed by atoms with van der Waals surface area (Å²) in [6, 6.07) is 18.2. The Bertz CT molecular complexity index is 658. The van der Waals surface area contributed by atoms with Crippen LogP contribution < -0.4 is 10.1 Å². The maximum absolute atomic E-state index is 12.9. The van der Waals surface area contributed by atoms with Crippen LogP contribution in [0.1, 0.15) is 36.8 Å². The van der Waals surface area contributed by atoms with Gasteiger partial charge in [0.15, 0.2) is 0 Å². The molecule has 24 heavy (non-hydrogen) atoms. The minimum atomic E-state index is -0.356. The number of aryl methyl sites for hydroxylation is 1. The van der Waals surface area contributed by atoms with Crippen molar-refractivity contribution in [2.24, 2.45) is 0 Å². The van der Waals surface area contributed by atoms with E-state index in [-0.39, 0.29) is 11.3 Å². The average Bonchev–Trinajstić information content (AvgIpc) is 3.12. The predicted molar refractivity (Wildman–Crippen MR) is 96.3 cm³/mol. The Morgan fingerprint density at radius 1 is 1.04 bits per heavy atom. The molecule has 0 atom stereocenters. The van der Waals surface area contributed by atoms with Crippen molar-refractivity contribution in [2.75, 3.05) is 13.2 Å². The van der Waals surface area contributed by atoms with Gasteiger partial charge in [-0.2, -0.15) is 0 Å². The first-order valence-corrected chi connectivity index (χ1v) is 8.74. The Morgan fingerprint density at radius 2 is 1.71 bits per heavy atom. The summed E-state index contributed by atoms with van der Waals surface area (Å²) in [5, 5.41) is 3.08. The number of rotatable bonds is 6. The van der Waals surface area contributed by atoms with Crippen molar-refractivity contribution >= 4 is 5.91 Å². The van der Waals surface area contributed by atoms with E-state index in [9.17, 15) is 4.79 Å². The third kappa shape index (κ3) is 3.61. The van der Waals surface area contributed by atoms with Crippen LogP contribution in [0.25, 0.3) is 0 Å². The SMILES string of the molecule is Cc1ccc(OCCNC(=O)C2(c3ccccc3)CCCC2)cc1. The van der Waals surface area contributed by atoms with Gasteiger partial charge in [0, 0.05) is 0 Å². The minimum absolute atomic E-state index is 0.138. The lowest BCUT2D eigenvalue weighted by Gasteiger charge is -2.28. The maximum Gasteiger partial charge on any atom is 0.230 e. The van der Waals surface area contributed by atoms with Gasteiger partial charge in [-0.1, -0.05) is 60.9 Å². The molecule has 1 saturated carbocycles. The Labute approximate surface area is 144 Å². The fraction of sp³-hybridized carbons (Fsp3) is 0.381. The summed E-state index contributed by atoms with van der Waals surface area (Å²) in [6.45, 7) is 3.07. The molecule has 0 radical (unpaired) electrons. The van der Waals surface area contributed by atoms with E-state index < -0.39 is 0 Å². The number of hydrogen-bond acceptors (Lipinski definition) is 2. The summed E-state index contributed by atoms with van der Waals surface area (Å²) in [5.41, 5.74) is 1.99. The number of hydrogen-bond donors (Lipinski definition) is 1. The maximum atomic E-state index is 12.9. The molecule has 2 aromatic rings.